The number of hydrogen-bond acceptors (Lipinski definition) is 6. The Morgan fingerprint density at radius 3 is 1.69 bits per heavy atom. The maximum Gasteiger partial charge on any atom is 0.0726 e. The highest BCUT2D eigenvalue weighted by Gasteiger charge is 2.19. The summed E-state index contributed by atoms with van der Waals surface area (Å²) in [5, 5.41) is 19.8. The number of para-hydroxylation sites is 2. The molecule has 0 aliphatic heterocycles. The molecule has 2 heterocycles. The topological polar surface area (TPSA) is 73.3 Å². The summed E-state index contributed by atoms with van der Waals surface area (Å²) in [5.41, 5.74) is 10.3. The van der Waals surface area contributed by atoms with Crippen LogP contribution in [0, 0.1) is 0 Å². The molecule has 0 bridgehead atoms. The standard InChI is InChI=1S/C35H45N5O.ClH/c41-25-24-40(23-11-21-37-35-28-14-3-7-18-32(28)39-33-19-8-4-15-29(33)35)22-10-9-20-36-34-26-12-1-5-16-30(26)38-31-17-6-2-13-27(31)34;/h1,3,5,7,12,14,16,18,41H,2,4,6,8-11,13,15,17,19-25H2,(H,36,38)(H,37,39);1H. The summed E-state index contributed by atoms with van der Waals surface area (Å²) in [6, 6.07) is 17.1. The number of unbranched alkanes of at least 4 members (excludes halogenated alkanes) is 1. The molecule has 0 amide bonds. The second-order valence-corrected chi connectivity index (χ2v) is 11.8. The fourth-order valence-electron chi connectivity index (χ4n) is 6.82. The predicted octanol–water partition coefficient (Wildman–Crippen LogP) is 6.95. The zero-order valence-corrected chi connectivity index (χ0v) is 25.7. The molecule has 0 fully saturated rings. The van der Waals surface area contributed by atoms with Crippen molar-refractivity contribution in [1.82, 2.24) is 14.9 Å². The van der Waals surface area contributed by atoms with Gasteiger partial charge in [-0.2, -0.15) is 0 Å². The van der Waals surface area contributed by atoms with Gasteiger partial charge in [0.25, 0.3) is 0 Å². The Kier molecular flexibility index (Phi) is 10.9. The summed E-state index contributed by atoms with van der Waals surface area (Å²) < 4.78 is 0. The monoisotopic (exact) mass is 587 g/mol. The molecule has 2 aliphatic carbocycles. The fraction of sp³-hybridized carbons (Fsp3) is 0.486. The van der Waals surface area contributed by atoms with Crippen LogP contribution in [0.4, 0.5) is 11.4 Å². The van der Waals surface area contributed by atoms with Gasteiger partial charge in [0.15, 0.2) is 0 Å². The first kappa shape index (κ1) is 30.5. The van der Waals surface area contributed by atoms with Crippen molar-refractivity contribution >= 4 is 45.6 Å². The molecule has 2 aromatic heterocycles. The van der Waals surface area contributed by atoms with Crippen molar-refractivity contribution in [3.8, 4) is 0 Å². The molecular formula is C35H46ClN5O. The lowest BCUT2D eigenvalue weighted by atomic mass is 9.92. The Balaban J connectivity index is 0.00000353. The highest BCUT2D eigenvalue weighted by molar-refractivity contribution is 5.94. The van der Waals surface area contributed by atoms with Crippen LogP contribution in [0.15, 0.2) is 48.5 Å². The van der Waals surface area contributed by atoms with Gasteiger partial charge in [-0.05, 0) is 107 Å². The van der Waals surface area contributed by atoms with Gasteiger partial charge in [-0.3, -0.25) is 9.97 Å². The van der Waals surface area contributed by atoms with Gasteiger partial charge < -0.3 is 20.6 Å². The van der Waals surface area contributed by atoms with E-state index in [2.05, 4.69) is 64.1 Å². The average molecular weight is 588 g/mol. The van der Waals surface area contributed by atoms with E-state index >= 15 is 0 Å². The molecule has 2 aromatic carbocycles. The van der Waals surface area contributed by atoms with E-state index in [1.54, 1.807) is 0 Å². The van der Waals surface area contributed by atoms with Crippen LogP contribution in [-0.4, -0.2) is 59.3 Å². The van der Waals surface area contributed by atoms with Gasteiger partial charge in [-0.1, -0.05) is 36.4 Å². The molecule has 6 rings (SSSR count). The number of nitrogens with zero attached hydrogens (tertiary/aromatic N) is 3. The molecule has 0 saturated carbocycles. The van der Waals surface area contributed by atoms with Crippen LogP contribution in [0.25, 0.3) is 21.8 Å². The van der Waals surface area contributed by atoms with Crippen molar-refractivity contribution in [2.45, 2.75) is 70.6 Å². The minimum Gasteiger partial charge on any atom is -0.395 e. The quantitative estimate of drug-likeness (QED) is 0.147. The van der Waals surface area contributed by atoms with Crippen LogP contribution in [0.5, 0.6) is 0 Å². The number of pyridine rings is 2. The number of rotatable bonds is 13. The van der Waals surface area contributed by atoms with E-state index < -0.39 is 0 Å². The second-order valence-electron chi connectivity index (χ2n) is 11.8. The van der Waals surface area contributed by atoms with Crippen LogP contribution in [0.3, 0.4) is 0 Å². The number of aryl methyl sites for hydroxylation is 2. The largest absolute Gasteiger partial charge is 0.395 e. The lowest BCUT2D eigenvalue weighted by Gasteiger charge is -2.24. The first-order valence-electron chi connectivity index (χ1n) is 15.9. The van der Waals surface area contributed by atoms with Crippen molar-refractivity contribution < 1.29 is 5.11 Å². The third-order valence-corrected chi connectivity index (χ3v) is 8.91. The molecule has 0 unspecified atom stereocenters. The molecule has 42 heavy (non-hydrogen) atoms. The normalized spacial score (nSPS) is 14.4. The smallest absolute Gasteiger partial charge is 0.0726 e. The molecule has 6 nitrogen and oxygen atoms in total. The molecule has 7 heteroatoms. The number of benzene rings is 2. The van der Waals surface area contributed by atoms with E-state index in [4.69, 9.17) is 9.97 Å². The summed E-state index contributed by atoms with van der Waals surface area (Å²) in [6.45, 7) is 4.87. The third kappa shape index (κ3) is 6.99. The zero-order chi connectivity index (χ0) is 27.9. The van der Waals surface area contributed by atoms with E-state index in [0.717, 1.165) is 88.7 Å². The second kappa shape index (κ2) is 15.0. The highest BCUT2D eigenvalue weighted by Crippen LogP contribution is 2.34. The predicted molar refractivity (Wildman–Crippen MR) is 178 cm³/mol. The molecule has 224 valence electrons. The maximum absolute atomic E-state index is 9.70. The third-order valence-electron chi connectivity index (χ3n) is 8.91. The van der Waals surface area contributed by atoms with Gasteiger partial charge in [0, 0.05) is 53.2 Å². The van der Waals surface area contributed by atoms with E-state index in [-0.39, 0.29) is 19.0 Å². The van der Waals surface area contributed by atoms with E-state index in [1.807, 2.05) is 0 Å². The van der Waals surface area contributed by atoms with Crippen LogP contribution >= 0.6 is 12.4 Å². The zero-order valence-electron chi connectivity index (χ0n) is 24.8. The van der Waals surface area contributed by atoms with Gasteiger partial charge in [0.05, 0.1) is 17.6 Å². The summed E-state index contributed by atoms with van der Waals surface area (Å²) in [6.07, 6.45) is 12.7. The molecular weight excluding hydrogens is 542 g/mol. The first-order valence-corrected chi connectivity index (χ1v) is 15.9. The van der Waals surface area contributed by atoms with E-state index in [0.29, 0.717) is 0 Å². The van der Waals surface area contributed by atoms with Gasteiger partial charge in [0.1, 0.15) is 0 Å². The Bertz CT molecular complexity index is 1480. The number of nitrogens with one attached hydrogen (secondary N) is 2. The van der Waals surface area contributed by atoms with E-state index in [1.165, 1.54) is 70.3 Å². The number of hydrogen-bond donors (Lipinski definition) is 3. The van der Waals surface area contributed by atoms with Gasteiger partial charge >= 0.3 is 0 Å². The summed E-state index contributed by atoms with van der Waals surface area (Å²) in [5.74, 6) is 0. The van der Waals surface area contributed by atoms with Crippen molar-refractivity contribution in [2.24, 2.45) is 0 Å². The SMILES string of the molecule is Cl.OCCN(CCCCNc1c2c(nc3ccccc13)CCCC2)CCCNc1c2c(nc3ccccc13)CCCC2. The Morgan fingerprint density at radius 2 is 1.12 bits per heavy atom. The molecule has 0 atom stereocenters. The average Bonchev–Trinajstić information content (AvgIpc) is 3.01. The Hall–Kier alpha value is -2.93. The van der Waals surface area contributed by atoms with Crippen molar-refractivity contribution in [3.05, 3.63) is 71.0 Å². The lowest BCUT2D eigenvalue weighted by molar-refractivity contribution is 0.193. The number of aromatic nitrogens is 2. The molecule has 2 aliphatic rings. The Morgan fingerprint density at radius 1 is 0.619 bits per heavy atom. The molecule has 0 spiro atoms. The number of aliphatic hydroxyl groups is 1. The van der Waals surface area contributed by atoms with Crippen LogP contribution in [-0.2, 0) is 25.7 Å². The molecule has 0 radical (unpaired) electrons. The van der Waals surface area contributed by atoms with Crippen molar-refractivity contribution in [2.75, 3.05) is 50.0 Å². The minimum atomic E-state index is 0. The number of anilines is 2. The lowest BCUT2D eigenvalue weighted by Crippen LogP contribution is -2.30. The van der Waals surface area contributed by atoms with Crippen LogP contribution in [0.2, 0.25) is 0 Å². The Labute approximate surface area is 256 Å². The highest BCUT2D eigenvalue weighted by atomic mass is 35.5. The van der Waals surface area contributed by atoms with Crippen LogP contribution in [0.1, 0.15) is 67.5 Å². The molecule has 3 N–H and O–H groups in total. The van der Waals surface area contributed by atoms with Gasteiger partial charge in [-0.25, -0.2) is 0 Å². The van der Waals surface area contributed by atoms with E-state index in [9.17, 15) is 5.11 Å². The first-order chi connectivity index (χ1) is 20.3. The van der Waals surface area contributed by atoms with Crippen molar-refractivity contribution in [1.29, 1.82) is 0 Å². The summed E-state index contributed by atoms with van der Waals surface area (Å²) >= 11 is 0. The fourth-order valence-corrected chi connectivity index (χ4v) is 6.82. The summed E-state index contributed by atoms with van der Waals surface area (Å²) in [7, 11) is 0. The number of fused-ring (bicyclic) bond motifs is 4. The molecule has 0 saturated heterocycles. The number of aliphatic hydroxyl groups excluding tert-OH is 1. The minimum absolute atomic E-state index is 0. The van der Waals surface area contributed by atoms with Gasteiger partial charge in [-0.15, -0.1) is 12.4 Å². The van der Waals surface area contributed by atoms with Crippen molar-refractivity contribution in [3.63, 3.8) is 0 Å². The van der Waals surface area contributed by atoms with Gasteiger partial charge in [0.2, 0.25) is 0 Å². The number of halogens is 1. The molecule has 4 aromatic rings. The van der Waals surface area contributed by atoms with Crippen LogP contribution < -0.4 is 10.6 Å². The maximum atomic E-state index is 9.70. The summed E-state index contributed by atoms with van der Waals surface area (Å²) in [4.78, 5) is 12.4.